The zero-order valence-corrected chi connectivity index (χ0v) is 23.3. The molecule has 0 atom stereocenters. The summed E-state index contributed by atoms with van der Waals surface area (Å²) in [7, 11) is 0. The molecule has 0 saturated heterocycles. The van der Waals surface area contributed by atoms with Crippen LogP contribution in [-0.4, -0.2) is 19.5 Å². The smallest absolute Gasteiger partial charge is 0.164 e. The first-order chi connectivity index (χ1) is 20.2. The van der Waals surface area contributed by atoms with Crippen molar-refractivity contribution in [1.82, 2.24) is 19.5 Å². The predicted molar refractivity (Wildman–Crippen MR) is 172 cm³/mol. The highest BCUT2D eigenvalue weighted by Crippen LogP contribution is 2.41. The molecule has 41 heavy (non-hydrogen) atoms. The maximum atomic E-state index is 4.95. The molecule has 0 aliphatic heterocycles. The zero-order valence-electron chi connectivity index (χ0n) is 22.5. The summed E-state index contributed by atoms with van der Waals surface area (Å²) in [5.74, 6) is 1.95. The van der Waals surface area contributed by atoms with E-state index in [0.29, 0.717) is 17.5 Å². The molecule has 0 radical (unpaired) electrons. The molecule has 0 bridgehead atoms. The van der Waals surface area contributed by atoms with E-state index in [0.717, 1.165) is 22.4 Å². The average Bonchev–Trinajstić information content (AvgIpc) is 3.53. The molecule has 196 valence electrons. The van der Waals surface area contributed by atoms with E-state index in [4.69, 9.17) is 15.0 Å². The molecule has 4 nitrogen and oxygen atoms in total. The minimum Gasteiger partial charge on any atom is -0.305 e. The van der Waals surface area contributed by atoms with Crippen LogP contribution >= 0.6 is 11.3 Å². The van der Waals surface area contributed by atoms with E-state index in [1.165, 1.54) is 31.6 Å². The lowest BCUT2D eigenvalue weighted by Crippen LogP contribution is -2.01. The van der Waals surface area contributed by atoms with Crippen molar-refractivity contribution in [2.45, 2.75) is 6.92 Å². The minimum atomic E-state index is 0.642. The highest BCUT2D eigenvalue weighted by atomic mass is 32.1. The van der Waals surface area contributed by atoms with Gasteiger partial charge in [-0.05, 0) is 25.1 Å². The summed E-state index contributed by atoms with van der Waals surface area (Å²) >= 11 is 1.81. The molecule has 0 unspecified atom stereocenters. The van der Waals surface area contributed by atoms with Crippen LogP contribution in [0.25, 0.3) is 66.2 Å². The Kier molecular flexibility index (Phi) is 6.34. The van der Waals surface area contributed by atoms with Gasteiger partial charge in [0.05, 0.1) is 0 Å². The Morgan fingerprint density at radius 3 is 1.93 bits per heavy atom. The first kappa shape index (κ1) is 24.9. The summed E-state index contributed by atoms with van der Waals surface area (Å²) in [5.41, 5.74) is 6.30. The molecule has 4 aromatic carbocycles. The number of hydrogen-bond acceptors (Lipinski definition) is 4. The number of hydrogen-bond donors (Lipinski definition) is 0. The lowest BCUT2D eigenvalue weighted by Gasteiger charge is -2.11. The second kappa shape index (κ2) is 10.5. The van der Waals surface area contributed by atoms with Crippen molar-refractivity contribution < 1.29 is 0 Å². The van der Waals surface area contributed by atoms with Crippen LogP contribution < -0.4 is 0 Å². The van der Waals surface area contributed by atoms with Crippen molar-refractivity contribution in [2.24, 2.45) is 0 Å². The fourth-order valence-electron chi connectivity index (χ4n) is 5.30. The fourth-order valence-corrected chi connectivity index (χ4v) is 6.60. The Labute approximate surface area is 242 Å². The summed E-state index contributed by atoms with van der Waals surface area (Å²) in [6.07, 6.45) is 6.00. The standard InChI is InChI=1S/C36H26N4S/c1-3-4-20-29-24(2)40(36-32(29)30-21-11-12-22-31(30)41-36)28-19-13-18-27(23-28)35-38-33(25-14-7-5-8-15-25)37-34(39-35)26-16-9-6-10-17-26/h3-23H,1H2,2H3. The maximum absolute atomic E-state index is 4.95. The van der Waals surface area contributed by atoms with Crippen molar-refractivity contribution in [1.29, 1.82) is 0 Å². The summed E-state index contributed by atoms with van der Waals surface area (Å²) in [5, 5.41) is 2.54. The Hall–Kier alpha value is -5.13. The van der Waals surface area contributed by atoms with Gasteiger partial charge in [0.15, 0.2) is 17.5 Å². The molecule has 0 aliphatic rings. The van der Waals surface area contributed by atoms with Gasteiger partial charge in [0.1, 0.15) is 4.83 Å². The second-order valence-corrected chi connectivity index (χ2v) is 10.8. The molecule has 3 heterocycles. The first-order valence-corrected chi connectivity index (χ1v) is 14.3. The van der Waals surface area contributed by atoms with Crippen LogP contribution in [0.3, 0.4) is 0 Å². The van der Waals surface area contributed by atoms with E-state index in [1.54, 1.807) is 0 Å². The molecule has 5 heteroatoms. The Balaban J connectivity index is 1.43. The van der Waals surface area contributed by atoms with Gasteiger partial charge < -0.3 is 4.57 Å². The van der Waals surface area contributed by atoms with Gasteiger partial charge in [-0.1, -0.05) is 116 Å². The van der Waals surface area contributed by atoms with Crippen LogP contribution in [0.5, 0.6) is 0 Å². The van der Waals surface area contributed by atoms with E-state index in [1.807, 2.05) is 84.2 Å². The molecule has 7 aromatic rings. The minimum absolute atomic E-state index is 0.642. The van der Waals surface area contributed by atoms with E-state index < -0.39 is 0 Å². The Morgan fingerprint density at radius 2 is 1.27 bits per heavy atom. The lowest BCUT2D eigenvalue weighted by molar-refractivity contribution is 1.05. The normalized spacial score (nSPS) is 11.5. The summed E-state index contributed by atoms with van der Waals surface area (Å²) < 4.78 is 3.62. The molecule has 0 fully saturated rings. The predicted octanol–water partition coefficient (Wildman–Crippen LogP) is 9.54. The number of allylic oxidation sites excluding steroid dienone is 2. The molecule has 0 N–H and O–H groups in total. The van der Waals surface area contributed by atoms with Gasteiger partial charge in [-0.3, -0.25) is 0 Å². The summed E-state index contributed by atoms with van der Waals surface area (Å²) in [4.78, 5) is 16.0. The molecule has 7 rings (SSSR count). The van der Waals surface area contributed by atoms with Crippen LogP contribution in [0.2, 0.25) is 0 Å². The number of thiophene rings is 1. The molecule has 0 spiro atoms. The number of fused-ring (bicyclic) bond motifs is 3. The van der Waals surface area contributed by atoms with E-state index >= 15 is 0 Å². The highest BCUT2D eigenvalue weighted by Gasteiger charge is 2.20. The van der Waals surface area contributed by atoms with Crippen LogP contribution in [0.4, 0.5) is 0 Å². The Bertz CT molecular complexity index is 2010. The van der Waals surface area contributed by atoms with Gasteiger partial charge in [-0.15, -0.1) is 11.3 Å². The van der Waals surface area contributed by atoms with Crippen molar-refractivity contribution in [3.63, 3.8) is 0 Å². The molecular formula is C36H26N4S. The SMILES string of the molecule is C=CC=Cc1c(C)n(-c2cccc(-c3nc(-c4ccccc4)nc(-c4ccccc4)n3)c2)c2sc3ccccc3c12. The Morgan fingerprint density at radius 1 is 0.683 bits per heavy atom. The van der Waals surface area contributed by atoms with Gasteiger partial charge in [0.25, 0.3) is 0 Å². The van der Waals surface area contributed by atoms with E-state index in [9.17, 15) is 0 Å². The molecule has 0 saturated carbocycles. The molecule has 0 amide bonds. The van der Waals surface area contributed by atoms with Crippen LogP contribution in [0.15, 0.2) is 128 Å². The fraction of sp³-hybridized carbons (Fsp3) is 0.0278. The van der Waals surface area contributed by atoms with E-state index in [-0.39, 0.29) is 0 Å². The lowest BCUT2D eigenvalue weighted by atomic mass is 10.1. The van der Waals surface area contributed by atoms with Gasteiger partial charge >= 0.3 is 0 Å². The van der Waals surface area contributed by atoms with Crippen LogP contribution in [0, 0.1) is 6.92 Å². The third-order valence-corrected chi connectivity index (χ3v) is 8.39. The highest BCUT2D eigenvalue weighted by molar-refractivity contribution is 7.25. The second-order valence-electron chi connectivity index (χ2n) is 9.80. The molecule has 0 aliphatic carbocycles. The zero-order chi connectivity index (χ0) is 27.8. The topological polar surface area (TPSA) is 43.6 Å². The number of aromatic nitrogens is 4. The van der Waals surface area contributed by atoms with Crippen LogP contribution in [0.1, 0.15) is 11.3 Å². The van der Waals surface area contributed by atoms with Crippen molar-refractivity contribution in [2.75, 3.05) is 0 Å². The molecule has 3 aromatic heterocycles. The third-order valence-electron chi connectivity index (χ3n) is 7.24. The van der Waals surface area contributed by atoms with Crippen molar-refractivity contribution in [3.8, 4) is 39.9 Å². The van der Waals surface area contributed by atoms with Gasteiger partial charge in [0, 0.05) is 49.1 Å². The van der Waals surface area contributed by atoms with Crippen molar-refractivity contribution >= 4 is 37.7 Å². The van der Waals surface area contributed by atoms with Gasteiger partial charge in [-0.25, -0.2) is 15.0 Å². The van der Waals surface area contributed by atoms with Crippen molar-refractivity contribution in [3.05, 3.63) is 139 Å². The monoisotopic (exact) mass is 546 g/mol. The van der Waals surface area contributed by atoms with Crippen LogP contribution in [-0.2, 0) is 0 Å². The average molecular weight is 547 g/mol. The molecular weight excluding hydrogens is 520 g/mol. The van der Waals surface area contributed by atoms with Gasteiger partial charge in [0.2, 0.25) is 0 Å². The first-order valence-electron chi connectivity index (χ1n) is 13.5. The van der Waals surface area contributed by atoms with E-state index in [2.05, 4.69) is 72.7 Å². The van der Waals surface area contributed by atoms with Gasteiger partial charge in [-0.2, -0.15) is 0 Å². The summed E-state index contributed by atoms with van der Waals surface area (Å²) in [6.45, 7) is 6.07. The quantitative estimate of drug-likeness (QED) is 0.195. The largest absolute Gasteiger partial charge is 0.305 e. The third kappa shape index (κ3) is 4.46. The maximum Gasteiger partial charge on any atom is 0.164 e. The number of nitrogens with zero attached hydrogens (tertiary/aromatic N) is 4. The number of rotatable bonds is 6. The summed E-state index contributed by atoms with van der Waals surface area (Å²) in [6, 6.07) is 37.2. The number of benzene rings is 4.